The number of anilines is 1. The van der Waals surface area contributed by atoms with Crippen LogP contribution in [0.25, 0.3) is 0 Å². The number of amides is 2. The Hall–Kier alpha value is -1.63. The molecule has 2 N–H and O–H groups in total. The zero-order chi connectivity index (χ0) is 15.4. The van der Waals surface area contributed by atoms with Crippen molar-refractivity contribution in [1.82, 2.24) is 19.7 Å². The van der Waals surface area contributed by atoms with Gasteiger partial charge in [-0.25, -0.2) is 14.5 Å². The molecule has 22 heavy (non-hydrogen) atoms. The van der Waals surface area contributed by atoms with E-state index in [9.17, 15) is 9.90 Å². The highest BCUT2D eigenvalue weighted by Gasteiger charge is 2.24. The Morgan fingerprint density at radius 3 is 2.86 bits per heavy atom. The summed E-state index contributed by atoms with van der Waals surface area (Å²) in [5, 5.41) is 16.4. The third kappa shape index (κ3) is 3.58. The first-order chi connectivity index (χ1) is 10.8. The summed E-state index contributed by atoms with van der Waals surface area (Å²) in [5.74, 6) is 0.564. The van der Waals surface area contributed by atoms with Crippen LogP contribution in [0.1, 0.15) is 51.0 Å². The van der Waals surface area contributed by atoms with E-state index in [1.807, 2.05) is 4.68 Å². The zero-order valence-electron chi connectivity index (χ0n) is 12.9. The van der Waals surface area contributed by atoms with Crippen LogP contribution in [0.3, 0.4) is 0 Å². The molecule has 0 aromatic carbocycles. The minimum absolute atomic E-state index is 0.137. The van der Waals surface area contributed by atoms with Crippen LogP contribution in [0.5, 0.6) is 0 Å². The normalized spacial score (nSPS) is 23.5. The van der Waals surface area contributed by atoms with Gasteiger partial charge in [0.15, 0.2) is 0 Å². The highest BCUT2D eigenvalue weighted by molar-refractivity contribution is 5.87. The number of hydrogen-bond acceptors (Lipinski definition) is 4. The maximum atomic E-state index is 12.3. The first kappa shape index (κ1) is 15.3. The van der Waals surface area contributed by atoms with Crippen molar-refractivity contribution in [3.63, 3.8) is 0 Å². The molecule has 0 radical (unpaired) electrons. The van der Waals surface area contributed by atoms with Crippen LogP contribution in [-0.2, 0) is 0 Å². The van der Waals surface area contributed by atoms with Gasteiger partial charge in [-0.15, -0.1) is 5.10 Å². The standard InChI is InChI=1S/C15H25N5O2/c21-10-12-5-4-8-19(9-12)15(22)17-14-16-11-20(18-14)13-6-2-1-3-7-13/h11-13,21H,1-10H2,(H,17,18,22). The van der Waals surface area contributed by atoms with Crippen molar-refractivity contribution in [2.75, 3.05) is 25.0 Å². The van der Waals surface area contributed by atoms with E-state index in [-0.39, 0.29) is 18.6 Å². The van der Waals surface area contributed by atoms with Gasteiger partial charge in [-0.3, -0.25) is 5.32 Å². The van der Waals surface area contributed by atoms with Gasteiger partial charge >= 0.3 is 6.03 Å². The molecule has 2 fully saturated rings. The zero-order valence-corrected chi connectivity index (χ0v) is 12.9. The summed E-state index contributed by atoms with van der Waals surface area (Å²) in [5.41, 5.74) is 0. The molecule has 2 heterocycles. The summed E-state index contributed by atoms with van der Waals surface area (Å²) in [4.78, 5) is 18.2. The minimum Gasteiger partial charge on any atom is -0.396 e. The van der Waals surface area contributed by atoms with Crippen LogP contribution in [0.2, 0.25) is 0 Å². The van der Waals surface area contributed by atoms with Crippen molar-refractivity contribution < 1.29 is 9.90 Å². The largest absolute Gasteiger partial charge is 0.396 e. The van der Waals surface area contributed by atoms with E-state index >= 15 is 0 Å². The quantitative estimate of drug-likeness (QED) is 0.895. The van der Waals surface area contributed by atoms with Gasteiger partial charge in [0.1, 0.15) is 6.33 Å². The molecule has 1 aromatic rings. The summed E-state index contributed by atoms with van der Waals surface area (Å²) in [6.07, 6.45) is 9.69. The van der Waals surface area contributed by atoms with E-state index in [1.165, 1.54) is 19.3 Å². The maximum Gasteiger partial charge on any atom is 0.324 e. The highest BCUT2D eigenvalue weighted by atomic mass is 16.3. The van der Waals surface area contributed by atoms with Crippen LogP contribution in [-0.4, -0.2) is 50.5 Å². The summed E-state index contributed by atoms with van der Waals surface area (Å²) in [7, 11) is 0. The lowest BCUT2D eigenvalue weighted by Crippen LogP contribution is -2.43. The third-order valence-electron chi connectivity index (χ3n) is 4.74. The Balaban J connectivity index is 1.56. The van der Waals surface area contributed by atoms with Gasteiger partial charge in [-0.2, -0.15) is 0 Å². The van der Waals surface area contributed by atoms with Gasteiger partial charge in [0.25, 0.3) is 0 Å². The van der Waals surface area contributed by atoms with Gasteiger partial charge in [0, 0.05) is 19.7 Å². The first-order valence-electron chi connectivity index (χ1n) is 8.34. The van der Waals surface area contributed by atoms with E-state index in [0.717, 1.165) is 32.2 Å². The van der Waals surface area contributed by atoms with Crippen molar-refractivity contribution in [2.24, 2.45) is 5.92 Å². The Morgan fingerprint density at radius 1 is 1.27 bits per heavy atom. The second-order valence-corrected chi connectivity index (χ2v) is 6.41. The summed E-state index contributed by atoms with van der Waals surface area (Å²) >= 11 is 0. The van der Waals surface area contributed by atoms with Gasteiger partial charge < -0.3 is 10.0 Å². The fraction of sp³-hybridized carbons (Fsp3) is 0.800. The second-order valence-electron chi connectivity index (χ2n) is 6.41. The Labute approximate surface area is 130 Å². The fourth-order valence-corrected chi connectivity index (χ4v) is 3.43. The predicted molar refractivity (Wildman–Crippen MR) is 82.5 cm³/mol. The molecule has 3 rings (SSSR count). The molecule has 7 nitrogen and oxygen atoms in total. The molecule has 1 saturated heterocycles. The van der Waals surface area contributed by atoms with Gasteiger partial charge in [-0.05, 0) is 31.6 Å². The average Bonchev–Trinajstić information content (AvgIpc) is 3.04. The molecule has 7 heteroatoms. The number of piperidine rings is 1. The average molecular weight is 307 g/mol. The van der Waals surface area contributed by atoms with Crippen LogP contribution in [0.4, 0.5) is 10.7 Å². The fourth-order valence-electron chi connectivity index (χ4n) is 3.43. The molecule has 1 aromatic heterocycles. The predicted octanol–water partition coefficient (Wildman–Crippen LogP) is 2.02. The number of hydrogen-bond donors (Lipinski definition) is 2. The molecule has 2 aliphatic rings. The number of aliphatic hydroxyl groups is 1. The number of carbonyl (C=O) groups is 1. The molecule has 122 valence electrons. The Bertz CT molecular complexity index is 498. The number of nitrogens with one attached hydrogen (secondary N) is 1. The smallest absolute Gasteiger partial charge is 0.324 e. The van der Waals surface area contributed by atoms with Crippen LogP contribution in [0.15, 0.2) is 6.33 Å². The maximum absolute atomic E-state index is 12.3. The van der Waals surface area contributed by atoms with Crippen molar-refractivity contribution in [2.45, 2.75) is 51.0 Å². The van der Waals surface area contributed by atoms with Crippen molar-refractivity contribution in [1.29, 1.82) is 0 Å². The summed E-state index contributed by atoms with van der Waals surface area (Å²) in [6.45, 7) is 1.47. The lowest BCUT2D eigenvalue weighted by Gasteiger charge is -2.31. The molecule has 1 unspecified atom stereocenters. The van der Waals surface area contributed by atoms with Crippen molar-refractivity contribution in [3.05, 3.63) is 6.33 Å². The molecule has 1 saturated carbocycles. The first-order valence-corrected chi connectivity index (χ1v) is 8.34. The molecular weight excluding hydrogens is 282 g/mol. The molecule has 0 bridgehead atoms. The number of aliphatic hydroxyl groups excluding tert-OH is 1. The van der Waals surface area contributed by atoms with Crippen molar-refractivity contribution in [3.8, 4) is 0 Å². The third-order valence-corrected chi connectivity index (χ3v) is 4.74. The van der Waals surface area contributed by atoms with Crippen LogP contribution >= 0.6 is 0 Å². The minimum atomic E-state index is -0.167. The number of rotatable bonds is 3. The van der Waals surface area contributed by atoms with Gasteiger partial charge in [0.05, 0.1) is 6.04 Å². The van der Waals surface area contributed by atoms with E-state index in [2.05, 4.69) is 15.4 Å². The summed E-state index contributed by atoms with van der Waals surface area (Å²) in [6, 6.07) is 0.250. The number of aromatic nitrogens is 3. The highest BCUT2D eigenvalue weighted by Crippen LogP contribution is 2.27. The molecule has 1 atom stereocenters. The summed E-state index contributed by atoms with van der Waals surface area (Å²) < 4.78 is 1.89. The number of likely N-dealkylation sites (tertiary alicyclic amines) is 1. The molecule has 1 aliphatic carbocycles. The molecule has 1 aliphatic heterocycles. The van der Waals surface area contributed by atoms with Crippen LogP contribution in [0, 0.1) is 5.92 Å². The van der Waals surface area contributed by atoms with Gasteiger partial charge in [-0.1, -0.05) is 19.3 Å². The monoisotopic (exact) mass is 307 g/mol. The lowest BCUT2D eigenvalue weighted by atomic mass is 9.96. The topological polar surface area (TPSA) is 83.3 Å². The SMILES string of the molecule is O=C(Nc1ncn(C2CCCCC2)n1)N1CCCC(CO)C1. The van der Waals surface area contributed by atoms with E-state index in [1.54, 1.807) is 11.2 Å². The molecular formula is C15H25N5O2. The Morgan fingerprint density at radius 2 is 2.09 bits per heavy atom. The van der Waals surface area contributed by atoms with Gasteiger partial charge in [0.2, 0.25) is 5.95 Å². The van der Waals surface area contributed by atoms with E-state index in [4.69, 9.17) is 0 Å². The Kier molecular flexibility index (Phi) is 4.92. The number of nitrogens with zero attached hydrogens (tertiary/aromatic N) is 4. The van der Waals surface area contributed by atoms with E-state index in [0.29, 0.717) is 18.5 Å². The van der Waals surface area contributed by atoms with Crippen LogP contribution < -0.4 is 5.32 Å². The van der Waals surface area contributed by atoms with E-state index < -0.39 is 0 Å². The number of urea groups is 1. The second kappa shape index (κ2) is 7.09. The lowest BCUT2D eigenvalue weighted by molar-refractivity contribution is 0.136. The number of carbonyl (C=O) groups excluding carboxylic acids is 1. The molecule has 0 spiro atoms. The van der Waals surface area contributed by atoms with Crippen molar-refractivity contribution >= 4 is 12.0 Å². The molecule has 2 amide bonds.